The summed E-state index contributed by atoms with van der Waals surface area (Å²) in [6.07, 6.45) is 1.63. The largest absolute Gasteiger partial charge is 0.489 e. The van der Waals surface area contributed by atoms with E-state index >= 15 is 0 Å². The van der Waals surface area contributed by atoms with Crippen molar-refractivity contribution in [3.8, 4) is 11.5 Å². The van der Waals surface area contributed by atoms with Gasteiger partial charge in [-0.25, -0.2) is 0 Å². The standard InChI is InChI=1S/C28H28N2O5/c1-2-16-34-24-12-13-25(28(32)21-6-4-3-5-7-21)26(19-24)35-20-27(31)29-22-8-10-23(11-9-22)30-14-17-33-18-15-30/h2-13,19H,1,14-18,20H2,(H,29,31). The third kappa shape index (κ3) is 6.49. The number of ketones is 1. The number of nitrogens with one attached hydrogen (secondary N) is 1. The second-order valence-corrected chi connectivity index (χ2v) is 7.94. The van der Waals surface area contributed by atoms with E-state index in [-0.39, 0.29) is 24.0 Å². The van der Waals surface area contributed by atoms with Gasteiger partial charge in [0.05, 0.1) is 18.8 Å². The minimum Gasteiger partial charge on any atom is -0.489 e. The number of rotatable bonds is 10. The zero-order valence-corrected chi connectivity index (χ0v) is 19.4. The highest BCUT2D eigenvalue weighted by Gasteiger charge is 2.17. The van der Waals surface area contributed by atoms with Crippen LogP contribution >= 0.6 is 0 Å². The topological polar surface area (TPSA) is 77.1 Å². The van der Waals surface area contributed by atoms with Crippen molar-refractivity contribution in [2.45, 2.75) is 0 Å². The van der Waals surface area contributed by atoms with Crippen molar-refractivity contribution in [1.29, 1.82) is 0 Å². The lowest BCUT2D eigenvalue weighted by molar-refractivity contribution is -0.118. The average Bonchev–Trinajstić information content (AvgIpc) is 2.92. The summed E-state index contributed by atoms with van der Waals surface area (Å²) in [7, 11) is 0. The van der Waals surface area contributed by atoms with Gasteiger partial charge in [0.15, 0.2) is 12.4 Å². The first kappa shape index (κ1) is 24.0. The lowest BCUT2D eigenvalue weighted by Crippen LogP contribution is -2.36. The number of benzene rings is 3. The zero-order valence-electron chi connectivity index (χ0n) is 19.4. The van der Waals surface area contributed by atoms with Gasteiger partial charge < -0.3 is 24.4 Å². The lowest BCUT2D eigenvalue weighted by atomic mass is 10.0. The number of anilines is 2. The molecule has 1 saturated heterocycles. The first-order valence-corrected chi connectivity index (χ1v) is 11.5. The van der Waals surface area contributed by atoms with Crippen LogP contribution in [-0.4, -0.2) is 51.2 Å². The summed E-state index contributed by atoms with van der Waals surface area (Å²) in [5.74, 6) is 0.261. The van der Waals surface area contributed by atoms with Gasteiger partial charge in [-0.05, 0) is 36.4 Å². The molecule has 0 saturated carbocycles. The molecule has 3 aromatic carbocycles. The summed E-state index contributed by atoms with van der Waals surface area (Å²) in [4.78, 5) is 27.9. The third-order valence-corrected chi connectivity index (χ3v) is 5.49. The third-order valence-electron chi connectivity index (χ3n) is 5.49. The van der Waals surface area contributed by atoms with Crippen molar-refractivity contribution >= 4 is 23.1 Å². The molecule has 0 aromatic heterocycles. The maximum Gasteiger partial charge on any atom is 0.262 e. The molecule has 4 rings (SSSR count). The normalized spacial score (nSPS) is 13.1. The Hall–Kier alpha value is -4.10. The number of ether oxygens (including phenoxy) is 3. The van der Waals surface area contributed by atoms with Crippen molar-refractivity contribution in [3.63, 3.8) is 0 Å². The number of carbonyl (C=O) groups excluding carboxylic acids is 2. The zero-order chi connectivity index (χ0) is 24.5. The van der Waals surface area contributed by atoms with Gasteiger partial charge in [0.2, 0.25) is 0 Å². The molecule has 1 N–H and O–H groups in total. The molecule has 180 valence electrons. The fourth-order valence-electron chi connectivity index (χ4n) is 3.72. The van der Waals surface area contributed by atoms with Gasteiger partial charge in [-0.3, -0.25) is 9.59 Å². The number of carbonyl (C=O) groups is 2. The van der Waals surface area contributed by atoms with Gasteiger partial charge in [0, 0.05) is 36.1 Å². The summed E-state index contributed by atoms with van der Waals surface area (Å²) in [6.45, 7) is 6.81. The molecular formula is C28H28N2O5. The molecule has 7 heteroatoms. The molecule has 1 aliphatic heterocycles. The van der Waals surface area contributed by atoms with E-state index in [1.807, 2.05) is 30.3 Å². The molecule has 1 aliphatic rings. The molecule has 0 atom stereocenters. The van der Waals surface area contributed by atoms with E-state index in [9.17, 15) is 9.59 Å². The van der Waals surface area contributed by atoms with Crippen LogP contribution in [0.2, 0.25) is 0 Å². The molecule has 3 aromatic rings. The summed E-state index contributed by atoms with van der Waals surface area (Å²) < 4.78 is 16.8. The Bertz CT molecular complexity index is 1160. The first-order chi connectivity index (χ1) is 17.1. The van der Waals surface area contributed by atoms with Gasteiger partial charge in [-0.1, -0.05) is 43.0 Å². The second kappa shape index (κ2) is 11.9. The minimum atomic E-state index is -0.334. The summed E-state index contributed by atoms with van der Waals surface area (Å²) in [6, 6.07) is 21.5. The SMILES string of the molecule is C=CCOc1ccc(C(=O)c2ccccc2)c(OCC(=O)Nc2ccc(N3CCOCC3)cc2)c1. The van der Waals surface area contributed by atoms with Gasteiger partial charge >= 0.3 is 0 Å². The van der Waals surface area contributed by atoms with Crippen molar-refractivity contribution in [1.82, 2.24) is 0 Å². The average molecular weight is 473 g/mol. The molecular weight excluding hydrogens is 444 g/mol. The second-order valence-electron chi connectivity index (χ2n) is 7.94. The Balaban J connectivity index is 1.42. The van der Waals surface area contributed by atoms with E-state index in [4.69, 9.17) is 14.2 Å². The Kier molecular flexibility index (Phi) is 8.14. The first-order valence-electron chi connectivity index (χ1n) is 11.5. The molecule has 0 unspecified atom stereocenters. The Morgan fingerprint density at radius 1 is 0.971 bits per heavy atom. The highest BCUT2D eigenvalue weighted by atomic mass is 16.5. The highest BCUT2D eigenvalue weighted by molar-refractivity contribution is 6.10. The maximum absolute atomic E-state index is 13.0. The molecule has 0 radical (unpaired) electrons. The van der Waals surface area contributed by atoms with Crippen LogP contribution in [0.5, 0.6) is 11.5 Å². The number of hydrogen-bond donors (Lipinski definition) is 1. The Labute approximate surface area is 204 Å². The lowest BCUT2D eigenvalue weighted by Gasteiger charge is -2.28. The van der Waals surface area contributed by atoms with Crippen LogP contribution in [0.25, 0.3) is 0 Å². The monoisotopic (exact) mass is 472 g/mol. The number of nitrogens with zero attached hydrogens (tertiary/aromatic N) is 1. The van der Waals surface area contributed by atoms with E-state index in [1.54, 1.807) is 48.5 Å². The van der Waals surface area contributed by atoms with Gasteiger partial charge in [-0.15, -0.1) is 0 Å². The summed E-state index contributed by atoms with van der Waals surface area (Å²) in [5, 5.41) is 2.84. The van der Waals surface area contributed by atoms with E-state index in [0.29, 0.717) is 42.4 Å². The van der Waals surface area contributed by atoms with Crippen molar-refractivity contribution in [3.05, 3.63) is 96.6 Å². The van der Waals surface area contributed by atoms with Crippen LogP contribution in [-0.2, 0) is 9.53 Å². The number of amides is 1. The van der Waals surface area contributed by atoms with Crippen LogP contribution in [0.1, 0.15) is 15.9 Å². The molecule has 0 spiro atoms. The fraction of sp³-hybridized carbons (Fsp3) is 0.214. The molecule has 1 heterocycles. The van der Waals surface area contributed by atoms with Crippen molar-refractivity contribution < 1.29 is 23.8 Å². The number of morpholine rings is 1. The van der Waals surface area contributed by atoms with Gasteiger partial charge in [-0.2, -0.15) is 0 Å². The number of hydrogen-bond acceptors (Lipinski definition) is 6. The molecule has 0 bridgehead atoms. The molecule has 7 nitrogen and oxygen atoms in total. The van der Waals surface area contributed by atoms with Crippen LogP contribution in [0.3, 0.4) is 0 Å². The summed E-state index contributed by atoms with van der Waals surface area (Å²) in [5.41, 5.74) is 2.63. The quantitative estimate of drug-likeness (QED) is 0.350. The van der Waals surface area contributed by atoms with Crippen molar-refractivity contribution in [2.75, 3.05) is 49.7 Å². The fourth-order valence-corrected chi connectivity index (χ4v) is 3.72. The highest BCUT2D eigenvalue weighted by Crippen LogP contribution is 2.27. The predicted octanol–water partition coefficient (Wildman–Crippen LogP) is 4.34. The molecule has 0 aliphatic carbocycles. The summed E-state index contributed by atoms with van der Waals surface area (Å²) >= 11 is 0. The van der Waals surface area contributed by atoms with Crippen LogP contribution in [0.15, 0.2) is 85.5 Å². The van der Waals surface area contributed by atoms with Crippen LogP contribution in [0, 0.1) is 0 Å². The van der Waals surface area contributed by atoms with E-state index in [2.05, 4.69) is 16.8 Å². The maximum atomic E-state index is 13.0. The van der Waals surface area contributed by atoms with E-state index in [1.165, 1.54) is 0 Å². The van der Waals surface area contributed by atoms with Crippen LogP contribution < -0.4 is 19.7 Å². The predicted molar refractivity (Wildman–Crippen MR) is 136 cm³/mol. The molecule has 35 heavy (non-hydrogen) atoms. The van der Waals surface area contributed by atoms with Gasteiger partial charge in [0.25, 0.3) is 5.91 Å². The molecule has 1 fully saturated rings. The van der Waals surface area contributed by atoms with E-state index in [0.717, 1.165) is 18.8 Å². The minimum absolute atomic E-state index is 0.199. The Morgan fingerprint density at radius 3 is 2.43 bits per heavy atom. The van der Waals surface area contributed by atoms with Crippen molar-refractivity contribution in [2.24, 2.45) is 0 Å². The Morgan fingerprint density at radius 2 is 1.71 bits per heavy atom. The van der Waals surface area contributed by atoms with E-state index < -0.39 is 0 Å². The molecule has 1 amide bonds. The smallest absolute Gasteiger partial charge is 0.262 e. The van der Waals surface area contributed by atoms with Crippen LogP contribution in [0.4, 0.5) is 11.4 Å². The van der Waals surface area contributed by atoms with Gasteiger partial charge in [0.1, 0.15) is 18.1 Å².